The van der Waals surface area contributed by atoms with Crippen LogP contribution < -0.4 is 4.74 Å². The van der Waals surface area contributed by atoms with Crippen LogP contribution in [-0.4, -0.2) is 24.6 Å². The van der Waals surface area contributed by atoms with Crippen LogP contribution in [-0.2, 0) is 6.54 Å². The molecule has 0 bridgehead atoms. The maximum Gasteiger partial charge on any atom is 0.123 e. The summed E-state index contributed by atoms with van der Waals surface area (Å²) >= 11 is 0. The van der Waals surface area contributed by atoms with E-state index in [1.54, 1.807) is 5.56 Å². The Labute approximate surface area is 203 Å². The maximum atomic E-state index is 6.54. The highest BCUT2D eigenvalue weighted by Crippen LogP contribution is 2.44. The third kappa shape index (κ3) is 4.23. The summed E-state index contributed by atoms with van der Waals surface area (Å²) in [5.74, 6) is 2.23. The van der Waals surface area contributed by atoms with Crippen molar-refractivity contribution >= 4 is 10.8 Å². The number of fused-ring (bicyclic) bond motifs is 2. The fraction of sp³-hybridized carbons (Fsp3) is 0.312. The Kier molecular flexibility index (Phi) is 5.63. The van der Waals surface area contributed by atoms with Gasteiger partial charge in [0.1, 0.15) is 11.9 Å². The van der Waals surface area contributed by atoms with Gasteiger partial charge >= 0.3 is 0 Å². The van der Waals surface area contributed by atoms with Crippen LogP contribution in [0.2, 0.25) is 0 Å². The highest BCUT2D eigenvalue weighted by Gasteiger charge is 2.31. The minimum absolute atomic E-state index is 0.170. The Morgan fingerprint density at radius 3 is 2.50 bits per heavy atom. The van der Waals surface area contributed by atoms with Crippen LogP contribution in [0.1, 0.15) is 58.9 Å². The average Bonchev–Trinajstić information content (AvgIpc) is 3.69. The number of nitrogens with zero attached hydrogens (tertiary/aromatic N) is 1. The van der Waals surface area contributed by atoms with Crippen molar-refractivity contribution in [3.63, 3.8) is 0 Å². The van der Waals surface area contributed by atoms with Crippen molar-refractivity contribution in [3.05, 3.63) is 113 Å². The fourth-order valence-electron chi connectivity index (χ4n) is 5.82. The van der Waals surface area contributed by atoms with Crippen molar-refractivity contribution in [2.24, 2.45) is 0 Å². The molecular weight excluding hydrogens is 414 g/mol. The van der Waals surface area contributed by atoms with Gasteiger partial charge in [0.15, 0.2) is 0 Å². The van der Waals surface area contributed by atoms with Gasteiger partial charge in [0.2, 0.25) is 0 Å². The van der Waals surface area contributed by atoms with Gasteiger partial charge in [0.05, 0.1) is 0 Å². The van der Waals surface area contributed by atoms with Crippen molar-refractivity contribution in [3.8, 4) is 5.75 Å². The molecule has 2 heteroatoms. The lowest BCUT2D eigenvalue weighted by molar-refractivity contribution is 0.118. The van der Waals surface area contributed by atoms with E-state index in [4.69, 9.17) is 4.74 Å². The quantitative estimate of drug-likeness (QED) is 0.304. The van der Waals surface area contributed by atoms with Crippen molar-refractivity contribution in [2.75, 3.05) is 13.6 Å². The topological polar surface area (TPSA) is 12.5 Å². The van der Waals surface area contributed by atoms with Crippen LogP contribution >= 0.6 is 0 Å². The first kappa shape index (κ1) is 21.4. The van der Waals surface area contributed by atoms with E-state index in [0.29, 0.717) is 5.92 Å². The summed E-state index contributed by atoms with van der Waals surface area (Å²) in [5.41, 5.74) is 7.14. The lowest BCUT2D eigenvalue weighted by atomic mass is 9.82. The Hall–Kier alpha value is -3.10. The molecule has 0 saturated heterocycles. The second-order valence-electron chi connectivity index (χ2n) is 10.3. The Bertz CT molecular complexity index is 1320. The van der Waals surface area contributed by atoms with E-state index in [-0.39, 0.29) is 6.10 Å². The number of hydrogen-bond donors (Lipinski definition) is 0. The summed E-state index contributed by atoms with van der Waals surface area (Å²) in [6, 6.07) is 31.1. The Balaban J connectivity index is 1.23. The maximum absolute atomic E-state index is 6.54. The van der Waals surface area contributed by atoms with Gasteiger partial charge in [-0.05, 0) is 78.2 Å². The van der Waals surface area contributed by atoms with E-state index in [1.807, 2.05) is 0 Å². The molecule has 34 heavy (non-hydrogen) atoms. The third-order valence-electron chi connectivity index (χ3n) is 7.64. The van der Waals surface area contributed by atoms with Gasteiger partial charge in [-0.3, -0.25) is 4.90 Å². The molecule has 2 aliphatic rings. The predicted molar refractivity (Wildman–Crippen MR) is 141 cm³/mol. The van der Waals surface area contributed by atoms with Gasteiger partial charge in [0, 0.05) is 24.6 Å². The van der Waals surface area contributed by atoms with Gasteiger partial charge in [-0.2, -0.15) is 0 Å². The molecule has 0 spiro atoms. The van der Waals surface area contributed by atoms with Crippen LogP contribution in [0.15, 0.2) is 84.9 Å². The van der Waals surface area contributed by atoms with Gasteiger partial charge in [-0.1, -0.05) is 78.9 Å². The standard InChI is InChI=1S/C32H33NO/c1-22-18-25(16-17-28(22)24-14-15-24)31-19-27(34-32-13-6-5-12-30(31)32)21-33(2)20-26-10-7-9-23-8-3-4-11-29(23)26/h3-13,16-18,24,27,31H,14-15,19-21H2,1-2H3. The highest BCUT2D eigenvalue weighted by molar-refractivity contribution is 5.85. The summed E-state index contributed by atoms with van der Waals surface area (Å²) in [5, 5.41) is 2.65. The Morgan fingerprint density at radius 2 is 1.65 bits per heavy atom. The molecule has 2 nitrogen and oxygen atoms in total. The summed E-state index contributed by atoms with van der Waals surface area (Å²) < 4.78 is 6.54. The van der Waals surface area contributed by atoms with Crippen LogP contribution in [0.25, 0.3) is 10.8 Å². The highest BCUT2D eigenvalue weighted by atomic mass is 16.5. The molecule has 0 aromatic heterocycles. The molecule has 4 aromatic rings. The summed E-state index contributed by atoms with van der Waals surface area (Å²) in [4.78, 5) is 2.42. The molecule has 1 saturated carbocycles. The molecule has 1 aliphatic heterocycles. The van der Waals surface area contributed by atoms with Crippen LogP contribution in [0.5, 0.6) is 5.75 Å². The first-order valence-electron chi connectivity index (χ1n) is 12.7. The Morgan fingerprint density at radius 1 is 0.853 bits per heavy atom. The molecule has 1 fully saturated rings. The summed E-state index contributed by atoms with van der Waals surface area (Å²) in [7, 11) is 2.22. The normalized spacial score (nSPS) is 19.7. The first-order chi connectivity index (χ1) is 16.7. The SMILES string of the molecule is Cc1cc(C2CC(CN(C)Cc3cccc4ccccc34)Oc3ccccc32)ccc1C1CC1. The predicted octanol–water partition coefficient (Wildman–Crippen LogP) is 7.44. The van der Waals surface area contributed by atoms with Crippen LogP contribution in [0.3, 0.4) is 0 Å². The average molecular weight is 448 g/mol. The zero-order valence-corrected chi connectivity index (χ0v) is 20.2. The molecule has 2 unspecified atom stereocenters. The minimum Gasteiger partial charge on any atom is -0.489 e. The molecular formula is C32H33NO. The van der Waals surface area contributed by atoms with Crippen molar-refractivity contribution < 1.29 is 4.74 Å². The second-order valence-corrected chi connectivity index (χ2v) is 10.3. The van der Waals surface area contributed by atoms with Gasteiger partial charge in [0.25, 0.3) is 0 Å². The minimum atomic E-state index is 0.170. The van der Waals surface area contributed by atoms with E-state index in [1.165, 1.54) is 45.9 Å². The van der Waals surface area contributed by atoms with Gasteiger partial charge < -0.3 is 4.74 Å². The van der Waals surface area contributed by atoms with Crippen LogP contribution in [0.4, 0.5) is 0 Å². The number of ether oxygens (including phenoxy) is 1. The molecule has 6 rings (SSSR count). The zero-order chi connectivity index (χ0) is 23.1. The lowest BCUT2D eigenvalue weighted by Gasteiger charge is -2.35. The molecule has 1 aliphatic carbocycles. The number of benzene rings is 4. The number of likely N-dealkylation sites (N-methyl/N-ethyl adjacent to an activating group) is 1. The van der Waals surface area contributed by atoms with Gasteiger partial charge in [-0.15, -0.1) is 0 Å². The third-order valence-corrected chi connectivity index (χ3v) is 7.64. The molecule has 1 heterocycles. The van der Waals surface area contributed by atoms with E-state index >= 15 is 0 Å². The number of para-hydroxylation sites is 1. The molecule has 0 amide bonds. The molecule has 0 N–H and O–H groups in total. The molecule has 4 aromatic carbocycles. The number of hydrogen-bond acceptors (Lipinski definition) is 2. The monoisotopic (exact) mass is 447 g/mol. The van der Waals surface area contributed by atoms with E-state index in [2.05, 4.69) is 104 Å². The zero-order valence-electron chi connectivity index (χ0n) is 20.2. The lowest BCUT2D eigenvalue weighted by Crippen LogP contribution is -2.36. The van der Waals surface area contributed by atoms with E-state index in [9.17, 15) is 0 Å². The number of aryl methyl sites for hydroxylation is 1. The first-order valence-corrected chi connectivity index (χ1v) is 12.7. The van der Waals surface area contributed by atoms with Gasteiger partial charge in [-0.25, -0.2) is 0 Å². The summed E-state index contributed by atoms with van der Waals surface area (Å²) in [6.45, 7) is 4.12. The van der Waals surface area contributed by atoms with E-state index in [0.717, 1.165) is 31.2 Å². The van der Waals surface area contributed by atoms with Crippen molar-refractivity contribution in [1.29, 1.82) is 0 Å². The molecule has 2 atom stereocenters. The fourth-order valence-corrected chi connectivity index (χ4v) is 5.82. The summed E-state index contributed by atoms with van der Waals surface area (Å²) in [6.07, 6.45) is 3.89. The van der Waals surface area contributed by atoms with E-state index < -0.39 is 0 Å². The number of rotatable bonds is 6. The largest absolute Gasteiger partial charge is 0.489 e. The van der Waals surface area contributed by atoms with Crippen molar-refractivity contribution in [1.82, 2.24) is 4.90 Å². The smallest absolute Gasteiger partial charge is 0.123 e. The molecule has 172 valence electrons. The second kappa shape index (κ2) is 8.92. The van der Waals surface area contributed by atoms with Crippen LogP contribution in [0, 0.1) is 6.92 Å². The van der Waals surface area contributed by atoms with Crippen molar-refractivity contribution in [2.45, 2.75) is 50.7 Å². The molecule has 0 radical (unpaired) electrons.